The first-order valence-corrected chi connectivity index (χ1v) is 10.4. The Labute approximate surface area is 162 Å². The molecule has 1 aromatic carbocycles. The van der Waals surface area contributed by atoms with Gasteiger partial charge in [-0.05, 0) is 76.7 Å². The van der Waals surface area contributed by atoms with Crippen molar-refractivity contribution in [3.63, 3.8) is 0 Å². The predicted molar refractivity (Wildman–Crippen MR) is 110 cm³/mol. The van der Waals surface area contributed by atoms with Crippen molar-refractivity contribution in [3.8, 4) is 5.75 Å². The van der Waals surface area contributed by atoms with E-state index in [-0.39, 0.29) is 16.4 Å². The third-order valence-corrected chi connectivity index (χ3v) is 6.89. The molecular formula is C24H29NO2. The zero-order chi connectivity index (χ0) is 19.0. The van der Waals surface area contributed by atoms with Gasteiger partial charge >= 0.3 is 0 Å². The molecule has 4 aliphatic rings. The van der Waals surface area contributed by atoms with Gasteiger partial charge in [-0.1, -0.05) is 25.3 Å². The lowest BCUT2D eigenvalue weighted by Gasteiger charge is -2.43. The van der Waals surface area contributed by atoms with Gasteiger partial charge in [0.2, 0.25) is 11.4 Å². The highest BCUT2D eigenvalue weighted by Gasteiger charge is 2.52. The van der Waals surface area contributed by atoms with E-state index in [0.717, 1.165) is 34.7 Å². The van der Waals surface area contributed by atoms with Crippen LogP contribution < -0.4 is 4.74 Å². The average molecular weight is 364 g/mol. The van der Waals surface area contributed by atoms with E-state index >= 15 is 0 Å². The van der Waals surface area contributed by atoms with Crippen LogP contribution in [0, 0.1) is 16.0 Å². The SMILES string of the molecule is CC1(C)C=Cc2c(ccc3c2[N+]([O-])=C2C3=CC3(CCCCC3)CC2(C)C)O1. The largest absolute Gasteiger partial charge is 0.618 e. The van der Waals surface area contributed by atoms with Crippen LogP contribution in [0.5, 0.6) is 5.75 Å². The number of fused-ring (bicyclic) bond motifs is 5. The summed E-state index contributed by atoms with van der Waals surface area (Å²) in [6, 6.07) is 4.15. The van der Waals surface area contributed by atoms with Crippen LogP contribution in [0.1, 0.15) is 77.3 Å². The molecule has 27 heavy (non-hydrogen) atoms. The molecule has 0 unspecified atom stereocenters. The second kappa shape index (κ2) is 5.27. The zero-order valence-corrected chi connectivity index (χ0v) is 16.9. The molecule has 0 aromatic heterocycles. The van der Waals surface area contributed by atoms with Crippen LogP contribution in [-0.4, -0.2) is 16.1 Å². The second-order valence-corrected chi connectivity index (χ2v) is 10.1. The Bertz CT molecular complexity index is 924. The third kappa shape index (κ3) is 2.43. The minimum atomic E-state index is -0.335. The normalized spacial score (nSPS) is 26.1. The predicted octanol–water partition coefficient (Wildman–Crippen LogP) is 6.23. The van der Waals surface area contributed by atoms with E-state index in [1.807, 2.05) is 19.9 Å². The van der Waals surface area contributed by atoms with Crippen LogP contribution in [0.4, 0.5) is 5.69 Å². The maximum atomic E-state index is 13.5. The summed E-state index contributed by atoms with van der Waals surface area (Å²) in [4.78, 5) is 0. The van der Waals surface area contributed by atoms with Gasteiger partial charge < -0.3 is 9.94 Å². The molecule has 2 aliphatic carbocycles. The van der Waals surface area contributed by atoms with Gasteiger partial charge in [0.15, 0.2) is 0 Å². The maximum absolute atomic E-state index is 13.5. The molecule has 0 radical (unpaired) electrons. The topological polar surface area (TPSA) is 35.3 Å². The number of hydrogen-bond donors (Lipinski definition) is 0. The quantitative estimate of drug-likeness (QED) is 0.404. The van der Waals surface area contributed by atoms with E-state index in [2.05, 4.69) is 38.1 Å². The summed E-state index contributed by atoms with van der Waals surface area (Å²) < 4.78 is 7.34. The molecule has 0 atom stereocenters. The fourth-order valence-electron chi connectivity index (χ4n) is 5.91. The average Bonchev–Trinajstić information content (AvgIpc) is 2.87. The molecular weight excluding hydrogens is 334 g/mol. The van der Waals surface area contributed by atoms with Crippen molar-refractivity contribution in [1.29, 1.82) is 0 Å². The van der Waals surface area contributed by atoms with Crippen LogP contribution in [0.15, 0.2) is 24.3 Å². The van der Waals surface area contributed by atoms with Crippen LogP contribution in [0.25, 0.3) is 11.6 Å². The minimum Gasteiger partial charge on any atom is -0.618 e. The molecule has 0 saturated heterocycles. The fraction of sp³-hybridized carbons (Fsp3) is 0.542. The number of allylic oxidation sites excluding steroid dienone is 2. The molecule has 1 aromatic rings. The smallest absolute Gasteiger partial charge is 0.235 e. The Hall–Kier alpha value is -2.03. The van der Waals surface area contributed by atoms with E-state index in [1.54, 1.807) is 0 Å². The van der Waals surface area contributed by atoms with Gasteiger partial charge in [0.05, 0.1) is 22.1 Å². The molecule has 3 heteroatoms. The van der Waals surface area contributed by atoms with E-state index in [4.69, 9.17) is 4.74 Å². The van der Waals surface area contributed by atoms with Crippen molar-refractivity contribution < 1.29 is 9.48 Å². The molecule has 0 amide bonds. The Kier molecular flexibility index (Phi) is 3.34. The van der Waals surface area contributed by atoms with Gasteiger partial charge in [-0.25, -0.2) is 0 Å². The highest BCUT2D eigenvalue weighted by Crippen LogP contribution is 2.57. The van der Waals surface area contributed by atoms with E-state index in [0.29, 0.717) is 0 Å². The maximum Gasteiger partial charge on any atom is 0.235 e. The Morgan fingerprint density at radius 3 is 2.52 bits per heavy atom. The second-order valence-electron chi connectivity index (χ2n) is 10.1. The zero-order valence-electron chi connectivity index (χ0n) is 16.9. The summed E-state index contributed by atoms with van der Waals surface area (Å²) >= 11 is 0. The van der Waals surface area contributed by atoms with Gasteiger partial charge in [0.1, 0.15) is 11.4 Å². The Morgan fingerprint density at radius 2 is 1.78 bits per heavy atom. The molecule has 1 fully saturated rings. The number of nitrogens with zero attached hydrogens (tertiary/aromatic N) is 1. The third-order valence-electron chi connectivity index (χ3n) is 6.89. The molecule has 3 nitrogen and oxygen atoms in total. The molecule has 2 heterocycles. The highest BCUT2D eigenvalue weighted by molar-refractivity contribution is 6.28. The molecule has 0 N–H and O–H groups in total. The summed E-state index contributed by atoms with van der Waals surface area (Å²) in [5.74, 6) is 0.812. The van der Waals surface area contributed by atoms with Gasteiger partial charge in [0.25, 0.3) is 0 Å². The summed E-state index contributed by atoms with van der Waals surface area (Å²) in [5.41, 5.74) is 4.72. The first-order valence-electron chi connectivity index (χ1n) is 10.4. The molecule has 2 aliphatic heterocycles. The van der Waals surface area contributed by atoms with Crippen molar-refractivity contribution in [3.05, 3.63) is 40.6 Å². The molecule has 142 valence electrons. The van der Waals surface area contributed by atoms with Crippen molar-refractivity contribution in [2.75, 3.05) is 0 Å². The lowest BCUT2D eigenvalue weighted by molar-refractivity contribution is -0.361. The number of hydrogen-bond acceptors (Lipinski definition) is 2. The van der Waals surface area contributed by atoms with Gasteiger partial charge in [0, 0.05) is 0 Å². The number of rotatable bonds is 0. The standard InChI is InChI=1S/C24H29NO2/c1-22(2)15-24(11-6-5-7-12-24)14-18-16-8-9-19-17(10-13-23(3,4)27-19)20(16)25(26)21(18)22/h8-10,13-14H,5-7,11-12,15H2,1-4H3. The minimum absolute atomic E-state index is 0.117. The molecule has 0 bridgehead atoms. The van der Waals surface area contributed by atoms with Crippen LogP contribution >= 0.6 is 0 Å². The van der Waals surface area contributed by atoms with E-state index in [9.17, 15) is 5.21 Å². The summed E-state index contributed by atoms with van der Waals surface area (Å²) in [6.45, 7) is 8.60. The number of ether oxygens (including phenoxy) is 1. The van der Waals surface area contributed by atoms with Crippen molar-refractivity contribution in [1.82, 2.24) is 0 Å². The van der Waals surface area contributed by atoms with Crippen LogP contribution in [0.3, 0.4) is 0 Å². The van der Waals surface area contributed by atoms with Crippen molar-refractivity contribution in [2.24, 2.45) is 10.8 Å². The number of benzene rings is 1. The van der Waals surface area contributed by atoms with E-state index in [1.165, 1.54) is 42.4 Å². The monoisotopic (exact) mass is 363 g/mol. The van der Waals surface area contributed by atoms with Crippen molar-refractivity contribution >= 4 is 23.0 Å². The first kappa shape index (κ1) is 17.1. The van der Waals surface area contributed by atoms with Gasteiger partial charge in [-0.15, -0.1) is 0 Å². The Balaban J connectivity index is 1.73. The lowest BCUT2D eigenvalue weighted by atomic mass is 9.59. The summed E-state index contributed by atoms with van der Waals surface area (Å²) in [6.07, 6.45) is 14.1. The Morgan fingerprint density at radius 1 is 1.04 bits per heavy atom. The summed E-state index contributed by atoms with van der Waals surface area (Å²) in [5, 5.41) is 13.5. The van der Waals surface area contributed by atoms with E-state index < -0.39 is 0 Å². The van der Waals surface area contributed by atoms with Gasteiger partial charge in [-0.3, -0.25) is 0 Å². The summed E-state index contributed by atoms with van der Waals surface area (Å²) in [7, 11) is 0. The lowest BCUT2D eigenvalue weighted by Crippen LogP contribution is -2.40. The highest BCUT2D eigenvalue weighted by atomic mass is 16.5. The van der Waals surface area contributed by atoms with Crippen LogP contribution in [0.2, 0.25) is 0 Å². The van der Waals surface area contributed by atoms with Crippen molar-refractivity contribution in [2.45, 2.75) is 71.8 Å². The fourth-order valence-corrected chi connectivity index (χ4v) is 5.91. The van der Waals surface area contributed by atoms with Gasteiger partial charge in [-0.2, -0.15) is 4.74 Å². The molecule has 1 spiro atoms. The molecule has 1 saturated carbocycles. The first-order chi connectivity index (χ1) is 12.7. The molecule has 5 rings (SSSR count). The van der Waals surface area contributed by atoms with Crippen LogP contribution in [-0.2, 0) is 0 Å².